The number of hydrogen-bond acceptors (Lipinski definition) is 4. The van der Waals surface area contributed by atoms with Crippen LogP contribution in [-0.4, -0.2) is 41.7 Å². The molecule has 1 fully saturated rings. The molecule has 0 aromatic carbocycles. The van der Waals surface area contributed by atoms with Crippen LogP contribution in [0.15, 0.2) is 17.6 Å². The highest BCUT2D eigenvalue weighted by Crippen LogP contribution is 2.40. The van der Waals surface area contributed by atoms with Crippen LogP contribution in [-0.2, 0) is 4.74 Å². The quantitative estimate of drug-likeness (QED) is 0.757. The van der Waals surface area contributed by atoms with Crippen molar-refractivity contribution < 1.29 is 4.74 Å². The van der Waals surface area contributed by atoms with Gasteiger partial charge >= 0.3 is 0 Å². The van der Waals surface area contributed by atoms with Gasteiger partial charge in [0.2, 0.25) is 0 Å². The van der Waals surface area contributed by atoms with Crippen LogP contribution in [0.5, 0.6) is 0 Å². The van der Waals surface area contributed by atoms with Crippen LogP contribution in [0, 0.1) is 0 Å². The van der Waals surface area contributed by atoms with Gasteiger partial charge in [0.25, 0.3) is 0 Å². The fourth-order valence-electron chi connectivity index (χ4n) is 2.97. The van der Waals surface area contributed by atoms with Gasteiger partial charge < -0.3 is 15.4 Å². The molecule has 2 atom stereocenters. The van der Waals surface area contributed by atoms with E-state index in [4.69, 9.17) is 10.5 Å². The standard InChI is InChI=1S/C13H23N3O/c1-4-7-16-11(14)15-10-13(16)6-8-17-12(3,5-2)9-13/h4H,1,5-10H2,2-3H3,(H2,14,15). The van der Waals surface area contributed by atoms with Crippen molar-refractivity contribution in [1.29, 1.82) is 0 Å². The Morgan fingerprint density at radius 1 is 1.65 bits per heavy atom. The van der Waals surface area contributed by atoms with Crippen LogP contribution in [0.3, 0.4) is 0 Å². The number of nitrogens with zero attached hydrogens (tertiary/aromatic N) is 2. The highest BCUT2D eigenvalue weighted by atomic mass is 16.5. The first kappa shape index (κ1) is 12.4. The van der Waals surface area contributed by atoms with Gasteiger partial charge in [-0.2, -0.15) is 0 Å². The van der Waals surface area contributed by atoms with Crippen LogP contribution in [0.1, 0.15) is 33.1 Å². The molecule has 2 aliphatic rings. The topological polar surface area (TPSA) is 50.8 Å². The van der Waals surface area contributed by atoms with E-state index in [1.54, 1.807) is 0 Å². The molecular weight excluding hydrogens is 214 g/mol. The second-order valence-electron chi connectivity index (χ2n) is 5.38. The molecule has 0 bridgehead atoms. The van der Waals surface area contributed by atoms with Crippen molar-refractivity contribution in [2.45, 2.75) is 44.2 Å². The van der Waals surface area contributed by atoms with Crippen LogP contribution >= 0.6 is 0 Å². The van der Waals surface area contributed by atoms with Crippen molar-refractivity contribution >= 4 is 5.96 Å². The van der Waals surface area contributed by atoms with Crippen molar-refractivity contribution in [1.82, 2.24) is 4.90 Å². The van der Waals surface area contributed by atoms with E-state index in [-0.39, 0.29) is 11.1 Å². The van der Waals surface area contributed by atoms with Gasteiger partial charge in [-0.05, 0) is 19.8 Å². The van der Waals surface area contributed by atoms with Gasteiger partial charge in [0.05, 0.1) is 17.7 Å². The second kappa shape index (κ2) is 4.33. The highest BCUT2D eigenvalue weighted by Gasteiger charge is 2.49. The summed E-state index contributed by atoms with van der Waals surface area (Å²) in [6, 6.07) is 0. The first-order chi connectivity index (χ1) is 8.05. The maximum absolute atomic E-state index is 5.99. The summed E-state index contributed by atoms with van der Waals surface area (Å²) in [5, 5.41) is 0. The molecule has 2 N–H and O–H groups in total. The first-order valence-electron chi connectivity index (χ1n) is 6.38. The Bertz CT molecular complexity index is 342. The Hall–Kier alpha value is -1.03. The molecule has 1 saturated heterocycles. The van der Waals surface area contributed by atoms with E-state index in [0.29, 0.717) is 5.96 Å². The Labute approximate surface area is 104 Å². The summed E-state index contributed by atoms with van der Waals surface area (Å²) < 4.78 is 5.92. The van der Waals surface area contributed by atoms with Crippen molar-refractivity contribution in [2.75, 3.05) is 19.7 Å². The zero-order valence-electron chi connectivity index (χ0n) is 10.9. The number of guanidine groups is 1. The van der Waals surface area contributed by atoms with E-state index >= 15 is 0 Å². The third-order valence-corrected chi connectivity index (χ3v) is 4.17. The minimum atomic E-state index is -0.0438. The fourth-order valence-corrected chi connectivity index (χ4v) is 2.97. The van der Waals surface area contributed by atoms with E-state index in [9.17, 15) is 0 Å². The van der Waals surface area contributed by atoms with Gasteiger partial charge in [-0.25, -0.2) is 0 Å². The summed E-state index contributed by atoms with van der Waals surface area (Å²) >= 11 is 0. The van der Waals surface area contributed by atoms with E-state index in [0.717, 1.165) is 39.0 Å². The lowest BCUT2D eigenvalue weighted by Crippen LogP contribution is -2.58. The van der Waals surface area contributed by atoms with Crippen molar-refractivity contribution in [3.05, 3.63) is 12.7 Å². The lowest BCUT2D eigenvalue weighted by molar-refractivity contribution is -0.112. The summed E-state index contributed by atoms with van der Waals surface area (Å²) in [6.07, 6.45) is 4.92. The normalized spacial score (nSPS) is 37.3. The molecule has 2 heterocycles. The van der Waals surface area contributed by atoms with E-state index in [1.807, 2.05) is 6.08 Å². The number of rotatable bonds is 3. The zero-order chi connectivity index (χ0) is 12.5. The molecule has 0 amide bonds. The van der Waals surface area contributed by atoms with Gasteiger partial charge in [0.1, 0.15) is 0 Å². The summed E-state index contributed by atoms with van der Waals surface area (Å²) in [4.78, 5) is 6.63. The Balaban J connectivity index is 2.21. The predicted octanol–water partition coefficient (Wildman–Crippen LogP) is 1.52. The Morgan fingerprint density at radius 3 is 3.06 bits per heavy atom. The van der Waals surface area contributed by atoms with Gasteiger partial charge in [-0.3, -0.25) is 4.99 Å². The van der Waals surface area contributed by atoms with Crippen LogP contribution < -0.4 is 5.73 Å². The molecule has 17 heavy (non-hydrogen) atoms. The molecule has 0 aromatic heterocycles. The number of aliphatic imine (C=N–C) groups is 1. The fraction of sp³-hybridized carbons (Fsp3) is 0.769. The van der Waals surface area contributed by atoms with Gasteiger partial charge in [0, 0.05) is 19.6 Å². The number of ether oxygens (including phenoxy) is 1. The highest BCUT2D eigenvalue weighted by molar-refractivity contribution is 5.81. The molecule has 2 unspecified atom stereocenters. The summed E-state index contributed by atoms with van der Waals surface area (Å²) in [5.74, 6) is 0.658. The average Bonchev–Trinajstić information content (AvgIpc) is 2.59. The van der Waals surface area contributed by atoms with Crippen molar-refractivity contribution in [2.24, 2.45) is 10.7 Å². The maximum atomic E-state index is 5.99. The first-order valence-corrected chi connectivity index (χ1v) is 6.38. The van der Waals surface area contributed by atoms with E-state index in [2.05, 4.69) is 30.3 Å². The summed E-state index contributed by atoms with van der Waals surface area (Å²) in [6.45, 7) is 10.5. The van der Waals surface area contributed by atoms with E-state index in [1.165, 1.54) is 0 Å². The third-order valence-electron chi connectivity index (χ3n) is 4.17. The molecule has 2 rings (SSSR count). The lowest BCUT2D eigenvalue weighted by Gasteiger charge is -2.48. The Morgan fingerprint density at radius 2 is 2.41 bits per heavy atom. The molecule has 0 saturated carbocycles. The molecule has 0 aliphatic carbocycles. The Kier molecular flexibility index (Phi) is 3.17. The summed E-state index contributed by atoms with van der Waals surface area (Å²) in [7, 11) is 0. The molecule has 0 aromatic rings. The maximum Gasteiger partial charge on any atom is 0.192 e. The molecule has 1 spiro atoms. The monoisotopic (exact) mass is 237 g/mol. The minimum absolute atomic E-state index is 0.0438. The van der Waals surface area contributed by atoms with Crippen molar-refractivity contribution in [3.63, 3.8) is 0 Å². The molecule has 0 radical (unpaired) electrons. The predicted molar refractivity (Wildman–Crippen MR) is 70.0 cm³/mol. The molecule has 96 valence electrons. The number of nitrogens with two attached hydrogens (primary N) is 1. The van der Waals surface area contributed by atoms with Gasteiger partial charge in [-0.1, -0.05) is 13.0 Å². The average molecular weight is 237 g/mol. The third kappa shape index (κ3) is 2.06. The van der Waals surface area contributed by atoms with Crippen LogP contribution in [0.4, 0.5) is 0 Å². The van der Waals surface area contributed by atoms with Gasteiger partial charge in [0.15, 0.2) is 5.96 Å². The zero-order valence-corrected chi connectivity index (χ0v) is 10.9. The molecule has 4 nitrogen and oxygen atoms in total. The second-order valence-corrected chi connectivity index (χ2v) is 5.38. The largest absolute Gasteiger partial charge is 0.375 e. The smallest absolute Gasteiger partial charge is 0.192 e. The van der Waals surface area contributed by atoms with Crippen LogP contribution in [0.2, 0.25) is 0 Å². The molecule has 4 heteroatoms. The SMILES string of the molecule is C=CCN1C(N)=NCC12CCOC(C)(CC)C2. The molecule has 2 aliphatic heterocycles. The minimum Gasteiger partial charge on any atom is -0.375 e. The van der Waals surface area contributed by atoms with E-state index < -0.39 is 0 Å². The van der Waals surface area contributed by atoms with Gasteiger partial charge in [-0.15, -0.1) is 6.58 Å². The number of hydrogen-bond donors (Lipinski definition) is 1. The van der Waals surface area contributed by atoms with Crippen LogP contribution in [0.25, 0.3) is 0 Å². The lowest BCUT2D eigenvalue weighted by atomic mass is 9.78. The summed E-state index contributed by atoms with van der Waals surface area (Å²) in [5.41, 5.74) is 6.00. The van der Waals surface area contributed by atoms with Crippen molar-refractivity contribution in [3.8, 4) is 0 Å². The molecular formula is C13H23N3O.